The van der Waals surface area contributed by atoms with Crippen molar-refractivity contribution in [3.05, 3.63) is 28.0 Å². The molecule has 98 valence electrons. The number of carbonyl (C=O) groups excluding carboxylic acids is 1. The van der Waals surface area contributed by atoms with E-state index in [1.807, 2.05) is 24.4 Å². The first kappa shape index (κ1) is 13.3. The Morgan fingerprint density at radius 3 is 2.78 bits per heavy atom. The molecule has 0 bridgehead atoms. The lowest BCUT2D eigenvalue weighted by molar-refractivity contribution is -0.117. The van der Waals surface area contributed by atoms with Gasteiger partial charge in [0.25, 0.3) is 0 Å². The molecule has 0 atom stereocenters. The molecule has 1 aliphatic carbocycles. The second-order valence-corrected chi connectivity index (χ2v) is 5.76. The Balaban J connectivity index is 1.82. The van der Waals surface area contributed by atoms with E-state index in [9.17, 15) is 9.90 Å². The van der Waals surface area contributed by atoms with E-state index in [2.05, 4.69) is 5.32 Å². The second-order valence-electron chi connectivity index (χ2n) is 4.82. The Bertz CT molecular complexity index is 431. The van der Waals surface area contributed by atoms with Crippen LogP contribution in [0.1, 0.15) is 36.1 Å². The molecule has 0 saturated heterocycles. The summed E-state index contributed by atoms with van der Waals surface area (Å²) in [7, 11) is 0. The Morgan fingerprint density at radius 1 is 1.44 bits per heavy atom. The van der Waals surface area contributed by atoms with Crippen LogP contribution in [0.15, 0.2) is 17.5 Å². The third kappa shape index (κ3) is 3.68. The van der Waals surface area contributed by atoms with E-state index in [0.29, 0.717) is 0 Å². The van der Waals surface area contributed by atoms with Gasteiger partial charge in [0.1, 0.15) is 0 Å². The molecular formula is C14H19NO2S. The molecule has 0 aromatic carbocycles. The highest BCUT2D eigenvalue weighted by Gasteiger charge is 2.19. The van der Waals surface area contributed by atoms with Crippen LogP contribution in [-0.2, 0) is 4.79 Å². The van der Waals surface area contributed by atoms with Crippen LogP contribution in [0.2, 0.25) is 0 Å². The molecule has 1 amide bonds. The van der Waals surface area contributed by atoms with Crippen molar-refractivity contribution in [3.8, 4) is 0 Å². The molecule has 1 saturated carbocycles. The molecule has 2 N–H and O–H groups in total. The average Bonchev–Trinajstić information content (AvgIpc) is 2.75. The average molecular weight is 265 g/mol. The van der Waals surface area contributed by atoms with Crippen molar-refractivity contribution in [3.63, 3.8) is 0 Å². The van der Waals surface area contributed by atoms with Gasteiger partial charge in [0, 0.05) is 17.0 Å². The summed E-state index contributed by atoms with van der Waals surface area (Å²) in [6, 6.07) is 2.26. The highest BCUT2D eigenvalue weighted by atomic mass is 32.1. The van der Waals surface area contributed by atoms with E-state index >= 15 is 0 Å². The van der Waals surface area contributed by atoms with Crippen LogP contribution < -0.4 is 5.32 Å². The zero-order chi connectivity index (χ0) is 13.0. The van der Waals surface area contributed by atoms with Crippen LogP contribution in [0.3, 0.4) is 0 Å². The summed E-state index contributed by atoms with van der Waals surface area (Å²) in [4.78, 5) is 12.9. The topological polar surface area (TPSA) is 49.3 Å². The van der Waals surface area contributed by atoms with Crippen molar-refractivity contribution in [1.82, 2.24) is 5.32 Å². The second kappa shape index (κ2) is 6.16. The molecule has 18 heavy (non-hydrogen) atoms. The lowest BCUT2D eigenvalue weighted by Gasteiger charge is -2.25. The molecule has 2 rings (SSSR count). The minimum atomic E-state index is -0.178. The quantitative estimate of drug-likeness (QED) is 0.825. The van der Waals surface area contributed by atoms with Gasteiger partial charge in [-0.15, -0.1) is 11.3 Å². The van der Waals surface area contributed by atoms with Crippen molar-refractivity contribution in [2.75, 3.05) is 0 Å². The molecule has 0 aliphatic heterocycles. The molecule has 0 radical (unpaired) electrons. The number of aliphatic hydroxyl groups is 1. The Labute approximate surface area is 112 Å². The van der Waals surface area contributed by atoms with E-state index in [1.165, 1.54) is 5.56 Å². The summed E-state index contributed by atoms with van der Waals surface area (Å²) in [6.45, 7) is 2.04. The fourth-order valence-electron chi connectivity index (χ4n) is 2.18. The van der Waals surface area contributed by atoms with Crippen molar-refractivity contribution >= 4 is 23.3 Å². The van der Waals surface area contributed by atoms with Crippen LogP contribution in [0.5, 0.6) is 0 Å². The fourth-order valence-corrected chi connectivity index (χ4v) is 3.00. The molecule has 1 aromatic rings. The monoisotopic (exact) mass is 265 g/mol. The van der Waals surface area contributed by atoms with Gasteiger partial charge in [-0.2, -0.15) is 0 Å². The van der Waals surface area contributed by atoms with Gasteiger partial charge < -0.3 is 10.4 Å². The van der Waals surface area contributed by atoms with E-state index < -0.39 is 0 Å². The number of rotatable bonds is 3. The van der Waals surface area contributed by atoms with Crippen LogP contribution in [0.25, 0.3) is 6.08 Å². The van der Waals surface area contributed by atoms with Crippen LogP contribution in [0, 0.1) is 6.92 Å². The number of amides is 1. The van der Waals surface area contributed by atoms with E-state index in [-0.39, 0.29) is 18.1 Å². The maximum Gasteiger partial charge on any atom is 0.244 e. The molecule has 1 heterocycles. The summed E-state index contributed by atoms with van der Waals surface area (Å²) in [5.41, 5.74) is 1.20. The Hall–Kier alpha value is -1.13. The summed E-state index contributed by atoms with van der Waals surface area (Å²) in [5, 5.41) is 14.4. The normalized spacial score (nSPS) is 24.3. The fraction of sp³-hybridized carbons (Fsp3) is 0.500. The lowest BCUT2D eigenvalue weighted by atomic mass is 9.93. The maximum atomic E-state index is 11.7. The van der Waals surface area contributed by atoms with Crippen LogP contribution in [0.4, 0.5) is 0 Å². The largest absolute Gasteiger partial charge is 0.393 e. The number of nitrogens with one attached hydrogen (secondary N) is 1. The third-order valence-corrected chi connectivity index (χ3v) is 4.32. The van der Waals surface area contributed by atoms with Crippen molar-refractivity contribution in [1.29, 1.82) is 0 Å². The zero-order valence-electron chi connectivity index (χ0n) is 10.6. The van der Waals surface area contributed by atoms with Crippen molar-refractivity contribution in [2.24, 2.45) is 0 Å². The standard InChI is InChI=1S/C14H19NO2S/c1-10-8-9-18-13(10)6-7-14(17)15-11-2-4-12(16)5-3-11/h6-9,11-12,16H,2-5H2,1H3,(H,15,17)/b7-6+. The molecule has 1 aliphatic rings. The summed E-state index contributed by atoms with van der Waals surface area (Å²) in [6.07, 6.45) is 6.62. The molecule has 0 unspecified atom stereocenters. The van der Waals surface area contributed by atoms with Crippen LogP contribution in [-0.4, -0.2) is 23.2 Å². The number of hydrogen-bond acceptors (Lipinski definition) is 3. The van der Waals surface area contributed by atoms with Gasteiger partial charge in [-0.1, -0.05) is 0 Å². The summed E-state index contributed by atoms with van der Waals surface area (Å²) >= 11 is 1.64. The maximum absolute atomic E-state index is 11.7. The number of thiophene rings is 1. The van der Waals surface area contributed by atoms with E-state index in [4.69, 9.17) is 0 Å². The first-order valence-corrected chi connectivity index (χ1v) is 7.24. The van der Waals surface area contributed by atoms with Gasteiger partial charge in [-0.25, -0.2) is 0 Å². The first-order valence-electron chi connectivity index (χ1n) is 6.36. The minimum Gasteiger partial charge on any atom is -0.393 e. The minimum absolute atomic E-state index is 0.0378. The molecule has 0 spiro atoms. The highest BCUT2D eigenvalue weighted by molar-refractivity contribution is 7.11. The Kier molecular flexibility index (Phi) is 4.55. The van der Waals surface area contributed by atoms with Gasteiger partial charge in [-0.05, 0) is 55.7 Å². The van der Waals surface area contributed by atoms with Gasteiger partial charge in [0.05, 0.1) is 6.10 Å². The van der Waals surface area contributed by atoms with Crippen molar-refractivity contribution in [2.45, 2.75) is 44.8 Å². The molecule has 4 heteroatoms. The smallest absolute Gasteiger partial charge is 0.244 e. The first-order chi connectivity index (χ1) is 8.65. The highest BCUT2D eigenvalue weighted by Crippen LogP contribution is 2.19. The summed E-state index contributed by atoms with van der Waals surface area (Å²) in [5.74, 6) is -0.0378. The van der Waals surface area contributed by atoms with E-state index in [0.717, 1.165) is 30.6 Å². The number of aryl methyl sites for hydroxylation is 1. The number of aliphatic hydroxyl groups excluding tert-OH is 1. The zero-order valence-corrected chi connectivity index (χ0v) is 11.4. The van der Waals surface area contributed by atoms with Crippen LogP contribution >= 0.6 is 11.3 Å². The van der Waals surface area contributed by atoms with Gasteiger partial charge in [0.2, 0.25) is 5.91 Å². The molecular weight excluding hydrogens is 246 g/mol. The lowest BCUT2D eigenvalue weighted by Crippen LogP contribution is -2.37. The SMILES string of the molecule is Cc1ccsc1/C=C/C(=O)NC1CCC(O)CC1. The number of hydrogen-bond donors (Lipinski definition) is 2. The predicted octanol–water partition coefficient (Wildman–Crippen LogP) is 2.49. The van der Waals surface area contributed by atoms with Gasteiger partial charge in [-0.3, -0.25) is 4.79 Å². The molecule has 1 fully saturated rings. The van der Waals surface area contributed by atoms with Gasteiger partial charge >= 0.3 is 0 Å². The Morgan fingerprint density at radius 2 is 2.17 bits per heavy atom. The van der Waals surface area contributed by atoms with E-state index in [1.54, 1.807) is 17.4 Å². The van der Waals surface area contributed by atoms with Gasteiger partial charge in [0.15, 0.2) is 0 Å². The molecule has 1 aromatic heterocycles. The number of carbonyl (C=O) groups is 1. The third-order valence-electron chi connectivity index (χ3n) is 3.33. The molecule has 3 nitrogen and oxygen atoms in total. The van der Waals surface area contributed by atoms with Crippen molar-refractivity contribution < 1.29 is 9.90 Å². The summed E-state index contributed by atoms with van der Waals surface area (Å²) < 4.78 is 0. The predicted molar refractivity (Wildman–Crippen MR) is 74.5 cm³/mol.